The number of carbonyl (C=O) groups is 2. The van der Waals surface area contributed by atoms with E-state index in [1.54, 1.807) is 4.90 Å². The van der Waals surface area contributed by atoms with Gasteiger partial charge in [-0.1, -0.05) is 56.3 Å². The number of nitrogens with one attached hydrogen (secondary N) is 1. The van der Waals surface area contributed by atoms with E-state index in [2.05, 4.69) is 17.4 Å². The maximum atomic E-state index is 13.9. The normalized spacial score (nSPS) is 25.2. The van der Waals surface area contributed by atoms with Gasteiger partial charge in [0.15, 0.2) is 0 Å². The summed E-state index contributed by atoms with van der Waals surface area (Å²) in [4.78, 5) is 28.6. The van der Waals surface area contributed by atoms with E-state index < -0.39 is 16.1 Å². The second-order valence-electron chi connectivity index (χ2n) is 13.1. The molecule has 1 atom stereocenters. The zero-order valence-electron chi connectivity index (χ0n) is 25.4. The van der Waals surface area contributed by atoms with Crippen molar-refractivity contribution in [2.75, 3.05) is 30.2 Å². The first-order valence-electron chi connectivity index (χ1n) is 15.8. The van der Waals surface area contributed by atoms with Gasteiger partial charge in [-0.2, -0.15) is 0 Å². The van der Waals surface area contributed by atoms with Crippen LogP contribution in [-0.2, 0) is 31.4 Å². The molecule has 1 N–H and O–H groups in total. The molecule has 4 bridgehead atoms. The topological polar surface area (TPSA) is 86.8 Å². The fraction of sp³-hybridized carbons (Fsp3) is 0.588. The van der Waals surface area contributed by atoms with Crippen molar-refractivity contribution in [3.05, 3.63) is 65.7 Å². The molecule has 2 aromatic carbocycles. The number of hydrogen-bond donors (Lipinski definition) is 1. The second-order valence-corrected chi connectivity index (χ2v) is 15.0. The lowest BCUT2D eigenvalue weighted by molar-refractivity contribution is -0.139. The maximum Gasteiger partial charge on any atom is 0.244 e. The number of sulfonamides is 1. The van der Waals surface area contributed by atoms with Crippen LogP contribution in [0.15, 0.2) is 54.6 Å². The average Bonchev–Trinajstić information content (AvgIpc) is 2.96. The van der Waals surface area contributed by atoms with Crippen molar-refractivity contribution in [3.63, 3.8) is 0 Å². The van der Waals surface area contributed by atoms with Gasteiger partial charge in [-0.25, -0.2) is 8.42 Å². The summed E-state index contributed by atoms with van der Waals surface area (Å²) in [6.07, 6.45) is 10.8. The number of rotatable bonds is 13. The second kappa shape index (κ2) is 12.8. The van der Waals surface area contributed by atoms with E-state index in [1.807, 2.05) is 56.3 Å². The first-order chi connectivity index (χ1) is 20.1. The molecule has 4 aliphatic rings. The Morgan fingerprint density at radius 1 is 0.929 bits per heavy atom. The van der Waals surface area contributed by atoms with Crippen molar-refractivity contribution in [1.29, 1.82) is 0 Å². The van der Waals surface area contributed by atoms with Crippen LogP contribution in [0.5, 0.6) is 0 Å². The zero-order chi connectivity index (χ0) is 29.9. The molecule has 8 heteroatoms. The molecule has 4 saturated carbocycles. The average molecular weight is 594 g/mol. The number of hydrogen-bond acceptors (Lipinski definition) is 4. The fourth-order valence-electron chi connectivity index (χ4n) is 8.32. The van der Waals surface area contributed by atoms with Crippen LogP contribution in [0.1, 0.15) is 76.3 Å². The minimum Gasteiger partial charge on any atom is -0.354 e. The van der Waals surface area contributed by atoms with Gasteiger partial charge in [0.2, 0.25) is 21.8 Å². The maximum absolute atomic E-state index is 13.9. The summed E-state index contributed by atoms with van der Waals surface area (Å²) in [6.45, 7) is 4.38. The molecule has 0 saturated heterocycles. The van der Waals surface area contributed by atoms with Crippen LogP contribution in [0.2, 0.25) is 0 Å². The molecule has 6 rings (SSSR count). The summed E-state index contributed by atoms with van der Waals surface area (Å²) in [5, 5.41) is 2.93. The molecule has 42 heavy (non-hydrogen) atoms. The third-order valence-electron chi connectivity index (χ3n) is 9.90. The molecule has 4 aliphatic carbocycles. The summed E-state index contributed by atoms with van der Waals surface area (Å²) >= 11 is 0. The van der Waals surface area contributed by atoms with Gasteiger partial charge in [0, 0.05) is 13.1 Å². The standard InChI is InChI=1S/C34H47N3O4S/c1-4-16-35-33(39)31(5-2)36(17-15-25-9-7-6-8-10-25)32(38)24-37(42(3,40)41)30-13-11-29(12-14-30)34-21-26-18-27(22-34)20-28(19-26)23-34/h6-14,26-28,31H,4-5,15-24H2,1-3H3,(H,35,39). The minimum atomic E-state index is -3.75. The first-order valence-corrected chi connectivity index (χ1v) is 17.7. The van der Waals surface area contributed by atoms with Gasteiger partial charge in [0.1, 0.15) is 12.6 Å². The Kier molecular flexibility index (Phi) is 9.31. The Morgan fingerprint density at radius 2 is 1.52 bits per heavy atom. The highest BCUT2D eigenvalue weighted by Crippen LogP contribution is 2.60. The molecule has 0 heterocycles. The number of carbonyl (C=O) groups excluding carboxylic acids is 2. The smallest absolute Gasteiger partial charge is 0.244 e. The zero-order valence-corrected chi connectivity index (χ0v) is 26.2. The largest absolute Gasteiger partial charge is 0.354 e. The third kappa shape index (κ3) is 6.69. The monoisotopic (exact) mass is 593 g/mol. The highest BCUT2D eigenvalue weighted by Gasteiger charge is 2.51. The third-order valence-corrected chi connectivity index (χ3v) is 11.0. The fourth-order valence-corrected chi connectivity index (χ4v) is 9.17. The molecule has 228 valence electrons. The van der Waals surface area contributed by atoms with Gasteiger partial charge in [0.05, 0.1) is 11.9 Å². The summed E-state index contributed by atoms with van der Waals surface area (Å²) in [5.41, 5.74) is 3.08. The van der Waals surface area contributed by atoms with Crippen LogP contribution in [-0.4, -0.2) is 57.1 Å². The molecule has 0 aromatic heterocycles. The van der Waals surface area contributed by atoms with E-state index in [0.29, 0.717) is 31.6 Å². The van der Waals surface area contributed by atoms with E-state index in [0.717, 1.165) is 36.0 Å². The van der Waals surface area contributed by atoms with Crippen LogP contribution in [0, 0.1) is 17.8 Å². The van der Waals surface area contributed by atoms with E-state index in [4.69, 9.17) is 0 Å². The molecule has 4 fully saturated rings. The molecule has 1 unspecified atom stereocenters. The molecule has 2 amide bonds. The lowest BCUT2D eigenvalue weighted by Crippen LogP contribution is -2.53. The number of anilines is 1. The van der Waals surface area contributed by atoms with Crippen molar-refractivity contribution in [3.8, 4) is 0 Å². The number of amides is 2. The predicted octanol–water partition coefficient (Wildman–Crippen LogP) is 5.30. The molecule has 2 aromatic rings. The quantitative estimate of drug-likeness (QED) is 0.342. The first kappa shape index (κ1) is 30.6. The Bertz CT molecular complexity index is 1310. The molecule has 0 spiro atoms. The predicted molar refractivity (Wildman–Crippen MR) is 168 cm³/mol. The van der Waals surface area contributed by atoms with Gasteiger partial charge in [0.25, 0.3) is 0 Å². The van der Waals surface area contributed by atoms with Crippen LogP contribution in [0.3, 0.4) is 0 Å². The summed E-state index contributed by atoms with van der Waals surface area (Å²) < 4.78 is 27.3. The lowest BCUT2D eigenvalue weighted by atomic mass is 9.48. The Labute approximate surface area is 252 Å². The molecular formula is C34H47N3O4S. The van der Waals surface area contributed by atoms with Crippen molar-refractivity contribution in [2.45, 2.75) is 83.1 Å². The van der Waals surface area contributed by atoms with Crippen LogP contribution >= 0.6 is 0 Å². The summed E-state index contributed by atoms with van der Waals surface area (Å²) in [5.74, 6) is 1.89. The van der Waals surface area contributed by atoms with Gasteiger partial charge in [-0.05, 0) is 104 Å². The lowest BCUT2D eigenvalue weighted by Gasteiger charge is -2.57. The summed E-state index contributed by atoms with van der Waals surface area (Å²) in [7, 11) is -3.75. The van der Waals surface area contributed by atoms with Gasteiger partial charge >= 0.3 is 0 Å². The van der Waals surface area contributed by atoms with Crippen molar-refractivity contribution >= 4 is 27.5 Å². The summed E-state index contributed by atoms with van der Waals surface area (Å²) in [6, 6.07) is 17.1. The Morgan fingerprint density at radius 3 is 2.05 bits per heavy atom. The van der Waals surface area contributed by atoms with Crippen LogP contribution < -0.4 is 9.62 Å². The van der Waals surface area contributed by atoms with Crippen LogP contribution in [0.4, 0.5) is 5.69 Å². The molecule has 0 aliphatic heterocycles. The van der Waals surface area contributed by atoms with E-state index >= 15 is 0 Å². The highest BCUT2D eigenvalue weighted by molar-refractivity contribution is 7.92. The van der Waals surface area contributed by atoms with E-state index in [-0.39, 0.29) is 23.8 Å². The van der Waals surface area contributed by atoms with Crippen LogP contribution in [0.25, 0.3) is 0 Å². The molecule has 7 nitrogen and oxygen atoms in total. The van der Waals surface area contributed by atoms with E-state index in [9.17, 15) is 18.0 Å². The van der Waals surface area contributed by atoms with Crippen molar-refractivity contribution in [1.82, 2.24) is 10.2 Å². The van der Waals surface area contributed by atoms with Gasteiger partial charge < -0.3 is 10.2 Å². The Balaban J connectivity index is 1.37. The minimum absolute atomic E-state index is 0.202. The van der Waals surface area contributed by atoms with Gasteiger partial charge in [-0.15, -0.1) is 0 Å². The molecular weight excluding hydrogens is 546 g/mol. The highest BCUT2D eigenvalue weighted by atomic mass is 32.2. The van der Waals surface area contributed by atoms with E-state index in [1.165, 1.54) is 48.4 Å². The molecule has 0 radical (unpaired) electrons. The van der Waals surface area contributed by atoms with Crippen molar-refractivity contribution < 1.29 is 18.0 Å². The number of nitrogens with zero attached hydrogens (tertiary/aromatic N) is 2. The Hall–Kier alpha value is -2.87. The van der Waals surface area contributed by atoms with Crippen molar-refractivity contribution in [2.24, 2.45) is 17.8 Å². The SMILES string of the molecule is CCCNC(=O)C(CC)N(CCc1ccccc1)C(=O)CN(c1ccc(C23CC4CC(CC(C4)C2)C3)cc1)S(C)(=O)=O. The van der Waals surface area contributed by atoms with Gasteiger partial charge in [-0.3, -0.25) is 13.9 Å². The number of benzene rings is 2.